The second kappa shape index (κ2) is 9.42. The summed E-state index contributed by atoms with van der Waals surface area (Å²) in [5.74, 6) is 0.676. The number of nitrogens with one attached hydrogen (secondary N) is 2. The fraction of sp³-hybridized carbons (Fsp3) is 0.923. The lowest BCUT2D eigenvalue weighted by Crippen LogP contribution is -2.47. The molecule has 7 nitrogen and oxygen atoms in total. The van der Waals surface area contributed by atoms with Crippen LogP contribution in [-0.2, 0) is 14.8 Å². The first-order valence-corrected chi connectivity index (χ1v) is 9.25. The van der Waals surface area contributed by atoms with Crippen LogP contribution in [-0.4, -0.2) is 70.6 Å². The molecule has 0 bridgehead atoms. The van der Waals surface area contributed by atoms with Gasteiger partial charge in [-0.25, -0.2) is 8.42 Å². The van der Waals surface area contributed by atoms with Crippen molar-refractivity contribution >= 4 is 16.0 Å². The first-order valence-electron chi connectivity index (χ1n) is 7.81. The van der Waals surface area contributed by atoms with Crippen LogP contribution in [0.5, 0.6) is 0 Å². The maximum absolute atomic E-state index is 12.5. The largest absolute Gasteiger partial charge is 0.511 e. The highest BCUT2D eigenvalue weighted by Gasteiger charge is 2.50. The van der Waals surface area contributed by atoms with Gasteiger partial charge >= 0.3 is 15.5 Å². The van der Waals surface area contributed by atoms with Gasteiger partial charge < -0.3 is 15.4 Å². The Balaban J connectivity index is 2.36. The highest BCUT2D eigenvalue weighted by molar-refractivity contribution is 7.90. The number of alkyl halides is 3. The molecule has 24 heavy (non-hydrogen) atoms. The number of piperidine rings is 1. The van der Waals surface area contributed by atoms with E-state index >= 15 is 0 Å². The number of hydrogen-bond donors (Lipinski definition) is 2. The second-order valence-electron chi connectivity index (χ2n) is 5.37. The standard InChI is InChI=1S/C13H25F3N4O3S/c1-3-23-9-6-18-12(17-2)19-10-11-4-7-20(8-5-11)24(21,22)13(14,15)16/h11H,3-10H2,1-2H3,(H2,17,18,19). The summed E-state index contributed by atoms with van der Waals surface area (Å²) in [7, 11) is -3.59. The van der Waals surface area contributed by atoms with Crippen LogP contribution < -0.4 is 10.6 Å². The number of hydrogen-bond acceptors (Lipinski definition) is 4. The molecule has 0 aromatic rings. The van der Waals surface area contributed by atoms with E-state index in [9.17, 15) is 21.6 Å². The lowest BCUT2D eigenvalue weighted by atomic mass is 9.98. The summed E-state index contributed by atoms with van der Waals surface area (Å²) in [5.41, 5.74) is -5.23. The Bertz CT molecular complexity index is 503. The highest BCUT2D eigenvalue weighted by atomic mass is 32.2. The quantitative estimate of drug-likeness (QED) is 0.390. The van der Waals surface area contributed by atoms with Crippen LogP contribution in [0.2, 0.25) is 0 Å². The molecule has 0 spiro atoms. The molecule has 0 radical (unpaired) electrons. The Morgan fingerprint density at radius 3 is 2.42 bits per heavy atom. The minimum Gasteiger partial charge on any atom is -0.380 e. The third-order valence-corrected chi connectivity index (χ3v) is 5.36. The molecule has 11 heteroatoms. The molecular weight excluding hydrogens is 349 g/mol. The normalized spacial score (nSPS) is 18.6. The average Bonchev–Trinajstić information content (AvgIpc) is 2.53. The van der Waals surface area contributed by atoms with Crippen molar-refractivity contribution in [2.24, 2.45) is 10.9 Å². The third-order valence-electron chi connectivity index (χ3n) is 3.73. The molecule has 0 aromatic carbocycles. The number of sulfonamides is 1. The Kier molecular flexibility index (Phi) is 8.23. The Morgan fingerprint density at radius 1 is 1.29 bits per heavy atom. The molecule has 1 aliphatic heterocycles. The topological polar surface area (TPSA) is 83.0 Å². The Morgan fingerprint density at radius 2 is 1.92 bits per heavy atom. The van der Waals surface area contributed by atoms with Gasteiger partial charge in [-0.3, -0.25) is 4.99 Å². The van der Waals surface area contributed by atoms with Gasteiger partial charge in [0.1, 0.15) is 0 Å². The van der Waals surface area contributed by atoms with Crippen LogP contribution in [0.1, 0.15) is 19.8 Å². The van der Waals surface area contributed by atoms with Gasteiger partial charge in [0.05, 0.1) is 6.61 Å². The fourth-order valence-corrected chi connectivity index (χ4v) is 3.33. The van der Waals surface area contributed by atoms with Crippen molar-refractivity contribution in [2.45, 2.75) is 25.3 Å². The smallest absolute Gasteiger partial charge is 0.380 e. The van der Waals surface area contributed by atoms with Crippen LogP contribution >= 0.6 is 0 Å². The van der Waals surface area contributed by atoms with Gasteiger partial charge in [0.25, 0.3) is 0 Å². The summed E-state index contributed by atoms with van der Waals surface area (Å²) in [6.45, 7) is 3.95. The zero-order valence-corrected chi connectivity index (χ0v) is 14.7. The van der Waals surface area contributed by atoms with Gasteiger partial charge in [0, 0.05) is 39.8 Å². The summed E-state index contributed by atoms with van der Waals surface area (Å²) >= 11 is 0. The molecule has 0 saturated carbocycles. The monoisotopic (exact) mass is 374 g/mol. The Hall–Kier alpha value is -1.07. The molecule has 2 N–H and O–H groups in total. The number of ether oxygens (including phenoxy) is 1. The van der Waals surface area contributed by atoms with Gasteiger partial charge in [0.2, 0.25) is 0 Å². The van der Waals surface area contributed by atoms with Crippen LogP contribution in [0.25, 0.3) is 0 Å². The third kappa shape index (κ3) is 6.10. The molecule has 142 valence electrons. The van der Waals surface area contributed by atoms with E-state index in [0.717, 1.165) is 0 Å². The molecule has 1 rings (SSSR count). The van der Waals surface area contributed by atoms with Crippen molar-refractivity contribution in [1.82, 2.24) is 14.9 Å². The highest BCUT2D eigenvalue weighted by Crippen LogP contribution is 2.30. The van der Waals surface area contributed by atoms with Crippen molar-refractivity contribution < 1.29 is 26.3 Å². The van der Waals surface area contributed by atoms with Crippen LogP contribution in [0.4, 0.5) is 13.2 Å². The maximum Gasteiger partial charge on any atom is 0.511 e. The minimum absolute atomic E-state index is 0.0927. The van der Waals surface area contributed by atoms with Gasteiger partial charge in [-0.1, -0.05) is 0 Å². The lowest BCUT2D eigenvalue weighted by molar-refractivity contribution is -0.0496. The summed E-state index contributed by atoms with van der Waals surface area (Å²) in [6, 6.07) is 0. The SMILES string of the molecule is CCOCCNC(=NC)NCC1CCN(S(=O)(=O)C(F)(F)F)CC1. The van der Waals surface area contributed by atoms with E-state index in [2.05, 4.69) is 15.6 Å². The van der Waals surface area contributed by atoms with Crippen molar-refractivity contribution in [3.05, 3.63) is 0 Å². The first-order chi connectivity index (χ1) is 11.2. The first kappa shape index (κ1) is 21.0. The van der Waals surface area contributed by atoms with E-state index in [1.807, 2.05) is 6.92 Å². The number of halogens is 3. The van der Waals surface area contributed by atoms with E-state index in [1.54, 1.807) is 7.05 Å². The number of rotatable bonds is 7. The van der Waals surface area contributed by atoms with Gasteiger partial charge in [-0.15, -0.1) is 0 Å². The molecule has 0 unspecified atom stereocenters. The maximum atomic E-state index is 12.5. The average molecular weight is 374 g/mol. The molecule has 1 saturated heterocycles. The molecule has 0 aromatic heterocycles. The number of nitrogens with zero attached hydrogens (tertiary/aromatic N) is 2. The number of guanidine groups is 1. The predicted octanol–water partition coefficient (Wildman–Crippen LogP) is 0.750. The predicted molar refractivity (Wildman–Crippen MR) is 85.1 cm³/mol. The van der Waals surface area contributed by atoms with E-state index in [4.69, 9.17) is 4.74 Å². The van der Waals surface area contributed by atoms with E-state index in [0.29, 0.717) is 49.4 Å². The molecule has 1 fully saturated rings. The van der Waals surface area contributed by atoms with E-state index in [1.165, 1.54) is 0 Å². The van der Waals surface area contributed by atoms with Gasteiger partial charge in [-0.2, -0.15) is 17.5 Å². The van der Waals surface area contributed by atoms with Crippen molar-refractivity contribution in [2.75, 3.05) is 46.4 Å². The van der Waals surface area contributed by atoms with Gasteiger partial charge in [-0.05, 0) is 25.7 Å². The fourth-order valence-electron chi connectivity index (χ4n) is 2.35. The number of aliphatic imine (C=N–C) groups is 1. The van der Waals surface area contributed by atoms with Gasteiger partial charge in [0.15, 0.2) is 5.96 Å². The van der Waals surface area contributed by atoms with Crippen molar-refractivity contribution in [3.8, 4) is 0 Å². The molecule has 1 aliphatic rings. The summed E-state index contributed by atoms with van der Waals surface area (Å²) in [5, 5.41) is 6.15. The van der Waals surface area contributed by atoms with Crippen molar-refractivity contribution in [1.29, 1.82) is 0 Å². The molecule has 0 aliphatic carbocycles. The summed E-state index contributed by atoms with van der Waals surface area (Å²) < 4.78 is 65.9. The van der Waals surface area contributed by atoms with Crippen LogP contribution in [0.15, 0.2) is 4.99 Å². The Labute approximate surface area is 140 Å². The van der Waals surface area contributed by atoms with Crippen LogP contribution in [0.3, 0.4) is 0 Å². The second-order valence-corrected chi connectivity index (χ2v) is 7.30. The van der Waals surface area contributed by atoms with E-state index in [-0.39, 0.29) is 19.0 Å². The molecular formula is C13H25F3N4O3S. The minimum atomic E-state index is -5.23. The zero-order chi connectivity index (χ0) is 18.2. The molecule has 1 heterocycles. The zero-order valence-electron chi connectivity index (χ0n) is 13.9. The lowest BCUT2D eigenvalue weighted by Gasteiger charge is -2.31. The van der Waals surface area contributed by atoms with E-state index < -0.39 is 15.5 Å². The molecule has 0 amide bonds. The van der Waals surface area contributed by atoms with Crippen molar-refractivity contribution in [3.63, 3.8) is 0 Å². The summed E-state index contributed by atoms with van der Waals surface area (Å²) in [6.07, 6.45) is 0.747. The summed E-state index contributed by atoms with van der Waals surface area (Å²) in [4.78, 5) is 4.04. The van der Waals surface area contributed by atoms with Crippen LogP contribution in [0, 0.1) is 5.92 Å². The molecule has 0 atom stereocenters.